The molecule has 38 heavy (non-hydrogen) atoms. The third-order valence-electron chi connectivity index (χ3n) is 5.87. The molecule has 0 atom stereocenters. The highest BCUT2D eigenvalue weighted by Gasteiger charge is 2.22. The normalized spacial score (nSPS) is 10.7. The quantitative estimate of drug-likeness (QED) is 0.189. The number of phenols is 1. The lowest BCUT2D eigenvalue weighted by atomic mass is 9.98. The second-order valence-corrected chi connectivity index (χ2v) is 8.25. The van der Waals surface area contributed by atoms with Crippen LogP contribution in [-0.4, -0.2) is 28.0 Å². The zero-order chi connectivity index (χ0) is 26.6. The number of ether oxygens (including phenoxy) is 1. The van der Waals surface area contributed by atoms with Gasteiger partial charge in [-0.2, -0.15) is 0 Å². The van der Waals surface area contributed by atoms with Crippen molar-refractivity contribution in [1.29, 1.82) is 0 Å². The number of amides is 1. The van der Waals surface area contributed by atoms with Gasteiger partial charge in [0, 0.05) is 28.3 Å². The first kappa shape index (κ1) is 24.3. The number of carbonyl (C=O) groups excluding carboxylic acids is 1. The summed E-state index contributed by atoms with van der Waals surface area (Å²) in [6.45, 7) is 0. The molecule has 0 saturated heterocycles. The molecule has 9 nitrogen and oxygen atoms in total. The van der Waals surface area contributed by atoms with Crippen molar-refractivity contribution >= 4 is 17.5 Å². The number of benzene rings is 4. The van der Waals surface area contributed by atoms with Crippen LogP contribution in [0.15, 0.2) is 101 Å². The molecule has 0 unspecified atom stereocenters. The molecule has 0 aliphatic carbocycles. The fourth-order valence-corrected chi connectivity index (χ4v) is 4.02. The predicted octanol–water partition coefficient (Wildman–Crippen LogP) is 6.55. The van der Waals surface area contributed by atoms with Crippen LogP contribution in [0.3, 0.4) is 0 Å². The van der Waals surface area contributed by atoms with Gasteiger partial charge in [0.25, 0.3) is 11.6 Å². The summed E-state index contributed by atoms with van der Waals surface area (Å²) in [4.78, 5) is 28.2. The van der Waals surface area contributed by atoms with E-state index < -0.39 is 4.92 Å². The molecule has 1 amide bonds. The van der Waals surface area contributed by atoms with Crippen LogP contribution in [0.4, 0.5) is 11.6 Å². The first-order chi connectivity index (χ1) is 18.4. The third-order valence-corrected chi connectivity index (χ3v) is 5.87. The van der Waals surface area contributed by atoms with Gasteiger partial charge in [0.15, 0.2) is 0 Å². The summed E-state index contributed by atoms with van der Waals surface area (Å²) in [7, 11) is 1.55. The summed E-state index contributed by atoms with van der Waals surface area (Å²) in [5, 5.41) is 24.5. The Morgan fingerprint density at radius 2 is 1.66 bits per heavy atom. The maximum atomic E-state index is 13.0. The van der Waals surface area contributed by atoms with E-state index in [-0.39, 0.29) is 29.1 Å². The number of hydrogen-bond acceptors (Lipinski definition) is 7. The highest BCUT2D eigenvalue weighted by molar-refractivity contribution is 6.05. The zero-order valence-electron chi connectivity index (χ0n) is 20.1. The molecule has 0 aliphatic rings. The van der Waals surface area contributed by atoms with Crippen molar-refractivity contribution in [2.45, 2.75) is 0 Å². The van der Waals surface area contributed by atoms with Gasteiger partial charge in [0.2, 0.25) is 11.8 Å². The van der Waals surface area contributed by atoms with Crippen LogP contribution in [-0.2, 0) is 0 Å². The Morgan fingerprint density at radius 3 is 2.37 bits per heavy atom. The highest BCUT2D eigenvalue weighted by atomic mass is 16.6. The summed E-state index contributed by atoms with van der Waals surface area (Å²) in [5.74, 6) is 0.274. The molecule has 2 N–H and O–H groups in total. The van der Waals surface area contributed by atoms with Crippen LogP contribution in [0.2, 0.25) is 0 Å². The van der Waals surface area contributed by atoms with Crippen molar-refractivity contribution in [2.75, 3.05) is 12.4 Å². The van der Waals surface area contributed by atoms with Crippen LogP contribution < -0.4 is 10.1 Å². The van der Waals surface area contributed by atoms with E-state index in [9.17, 15) is 20.0 Å². The van der Waals surface area contributed by atoms with Crippen molar-refractivity contribution in [2.24, 2.45) is 0 Å². The van der Waals surface area contributed by atoms with Crippen molar-refractivity contribution in [3.05, 3.63) is 113 Å². The van der Waals surface area contributed by atoms with Gasteiger partial charge in [-0.25, -0.2) is 4.98 Å². The number of non-ortho nitro benzene ring substituents is 1. The fourth-order valence-electron chi connectivity index (χ4n) is 4.02. The van der Waals surface area contributed by atoms with Gasteiger partial charge in [0.1, 0.15) is 17.2 Å². The number of rotatable bonds is 7. The minimum absolute atomic E-state index is 0.129. The summed E-state index contributed by atoms with van der Waals surface area (Å²) in [5.41, 5.74) is 2.66. The molecule has 5 aromatic rings. The summed E-state index contributed by atoms with van der Waals surface area (Å²) >= 11 is 0. The van der Waals surface area contributed by atoms with E-state index in [0.29, 0.717) is 39.3 Å². The lowest BCUT2D eigenvalue weighted by molar-refractivity contribution is -0.384. The minimum atomic E-state index is -0.578. The fraction of sp³-hybridized carbons (Fsp3) is 0.0345. The first-order valence-electron chi connectivity index (χ1n) is 11.5. The second-order valence-electron chi connectivity index (χ2n) is 8.25. The minimum Gasteiger partial charge on any atom is -0.507 e. The molecule has 9 heteroatoms. The Bertz CT molecular complexity index is 1650. The topological polar surface area (TPSA) is 128 Å². The number of aromatic hydroxyl groups is 1. The standard InChI is InChI=1S/C29H21N3O6/c1-37-21-11-7-10-19(16-21)26-29(31-27(34)18-8-3-2-4-9-18)38-28(30-26)24-13-6-5-12-22(24)23-15-14-20(32(35)36)17-25(23)33/h2-17,33H,1H3,(H,31,34). The number of anilines is 1. The molecule has 0 bridgehead atoms. The number of aromatic nitrogens is 1. The monoisotopic (exact) mass is 507 g/mol. The number of phenolic OH excluding ortho intramolecular Hbond substituents is 1. The Balaban J connectivity index is 1.63. The molecular formula is C29H21N3O6. The molecule has 0 radical (unpaired) electrons. The Kier molecular flexibility index (Phi) is 6.56. The number of methoxy groups -OCH3 is 1. The van der Waals surface area contributed by atoms with Crippen molar-refractivity contribution in [3.63, 3.8) is 0 Å². The van der Waals surface area contributed by atoms with Crippen LogP contribution in [0.25, 0.3) is 33.8 Å². The molecule has 1 aromatic heterocycles. The average molecular weight is 508 g/mol. The molecular weight excluding hydrogens is 486 g/mol. The molecule has 1 heterocycles. The predicted molar refractivity (Wildman–Crippen MR) is 142 cm³/mol. The van der Waals surface area contributed by atoms with Gasteiger partial charge in [-0.3, -0.25) is 20.2 Å². The van der Waals surface area contributed by atoms with Gasteiger partial charge in [-0.15, -0.1) is 0 Å². The molecule has 4 aromatic carbocycles. The van der Waals surface area contributed by atoms with E-state index in [1.807, 2.05) is 12.1 Å². The Morgan fingerprint density at radius 1 is 0.921 bits per heavy atom. The van der Waals surface area contributed by atoms with Crippen molar-refractivity contribution in [1.82, 2.24) is 4.98 Å². The van der Waals surface area contributed by atoms with E-state index in [4.69, 9.17) is 14.1 Å². The molecule has 188 valence electrons. The van der Waals surface area contributed by atoms with Gasteiger partial charge >= 0.3 is 0 Å². The summed E-state index contributed by atoms with van der Waals surface area (Å²) < 4.78 is 11.5. The lowest BCUT2D eigenvalue weighted by Gasteiger charge is -2.09. The highest BCUT2D eigenvalue weighted by Crippen LogP contribution is 2.41. The van der Waals surface area contributed by atoms with E-state index in [1.54, 1.807) is 73.8 Å². The van der Waals surface area contributed by atoms with Crippen LogP contribution in [0, 0.1) is 10.1 Å². The van der Waals surface area contributed by atoms with Crippen LogP contribution >= 0.6 is 0 Å². The van der Waals surface area contributed by atoms with Crippen LogP contribution in [0.5, 0.6) is 11.5 Å². The number of nitrogens with one attached hydrogen (secondary N) is 1. The van der Waals surface area contributed by atoms with Crippen molar-refractivity contribution in [3.8, 4) is 45.3 Å². The zero-order valence-corrected chi connectivity index (χ0v) is 20.1. The largest absolute Gasteiger partial charge is 0.507 e. The first-order valence-corrected chi connectivity index (χ1v) is 11.5. The number of nitro groups is 1. The number of nitro benzene ring substituents is 1. The van der Waals surface area contributed by atoms with Gasteiger partial charge in [-0.1, -0.05) is 48.5 Å². The molecule has 5 rings (SSSR count). The number of hydrogen-bond donors (Lipinski definition) is 2. The third kappa shape index (κ3) is 4.80. The van der Waals surface area contributed by atoms with E-state index in [0.717, 1.165) is 6.07 Å². The van der Waals surface area contributed by atoms with Crippen molar-refractivity contribution < 1.29 is 24.0 Å². The maximum Gasteiger partial charge on any atom is 0.273 e. The maximum absolute atomic E-state index is 13.0. The van der Waals surface area contributed by atoms with Gasteiger partial charge in [0.05, 0.1) is 18.1 Å². The smallest absolute Gasteiger partial charge is 0.273 e. The lowest BCUT2D eigenvalue weighted by Crippen LogP contribution is -2.11. The molecule has 0 aliphatic heterocycles. The molecule has 0 saturated carbocycles. The number of carbonyl (C=O) groups is 1. The average Bonchev–Trinajstić information content (AvgIpc) is 3.37. The SMILES string of the molecule is COc1cccc(-c2nc(-c3ccccc3-c3ccc([N+](=O)[O-])cc3O)oc2NC(=O)c2ccccc2)c1. The molecule has 0 fully saturated rings. The van der Waals surface area contributed by atoms with Gasteiger partial charge < -0.3 is 14.3 Å². The molecule has 0 spiro atoms. The Hall–Kier alpha value is -5.44. The van der Waals surface area contributed by atoms with E-state index in [1.165, 1.54) is 12.1 Å². The van der Waals surface area contributed by atoms with E-state index >= 15 is 0 Å². The number of oxazole rings is 1. The van der Waals surface area contributed by atoms with E-state index in [2.05, 4.69) is 5.32 Å². The summed E-state index contributed by atoms with van der Waals surface area (Å²) in [6.07, 6.45) is 0. The summed E-state index contributed by atoms with van der Waals surface area (Å²) in [6, 6.07) is 26.8. The second kappa shape index (κ2) is 10.3. The number of nitrogens with zero attached hydrogens (tertiary/aromatic N) is 2. The van der Waals surface area contributed by atoms with Gasteiger partial charge in [-0.05, 0) is 42.0 Å². The Labute approximate surface area is 217 Å². The van der Waals surface area contributed by atoms with Crippen LogP contribution in [0.1, 0.15) is 10.4 Å².